The highest BCUT2D eigenvalue weighted by Crippen LogP contribution is 2.19. The minimum Gasteiger partial charge on any atom is -0.346 e. The summed E-state index contributed by atoms with van der Waals surface area (Å²) in [4.78, 5) is 8.51. The maximum absolute atomic E-state index is 4.25. The molecule has 1 unspecified atom stereocenters. The Labute approximate surface area is 114 Å². The highest BCUT2D eigenvalue weighted by molar-refractivity contribution is 5.16. The van der Waals surface area contributed by atoms with Gasteiger partial charge in [-0.05, 0) is 30.7 Å². The summed E-state index contributed by atoms with van der Waals surface area (Å²) in [6, 6.07) is 4.48. The van der Waals surface area contributed by atoms with E-state index >= 15 is 0 Å². The van der Waals surface area contributed by atoms with Crippen LogP contribution < -0.4 is 5.32 Å². The molecule has 0 aliphatic rings. The van der Waals surface area contributed by atoms with Crippen molar-refractivity contribution in [2.45, 2.75) is 39.3 Å². The molecule has 19 heavy (non-hydrogen) atoms. The van der Waals surface area contributed by atoms with Crippen LogP contribution in [0.25, 0.3) is 0 Å². The SMILES string of the molecule is CCCC(NCC)c1ccn(Cc2ncccn2)c1. The molecule has 102 valence electrons. The van der Waals surface area contributed by atoms with E-state index in [1.165, 1.54) is 18.4 Å². The topological polar surface area (TPSA) is 42.7 Å². The Kier molecular flexibility index (Phi) is 5.10. The van der Waals surface area contributed by atoms with Crippen LogP contribution in [-0.2, 0) is 6.54 Å². The van der Waals surface area contributed by atoms with Crippen LogP contribution in [-0.4, -0.2) is 21.1 Å². The van der Waals surface area contributed by atoms with Gasteiger partial charge in [-0.1, -0.05) is 20.3 Å². The molecule has 2 aromatic rings. The molecule has 2 heterocycles. The molecular formula is C15H22N4. The zero-order valence-corrected chi connectivity index (χ0v) is 11.7. The van der Waals surface area contributed by atoms with Gasteiger partial charge in [-0.25, -0.2) is 9.97 Å². The number of aromatic nitrogens is 3. The van der Waals surface area contributed by atoms with Gasteiger partial charge in [0.2, 0.25) is 0 Å². The first-order valence-electron chi connectivity index (χ1n) is 6.98. The van der Waals surface area contributed by atoms with E-state index in [0.29, 0.717) is 6.04 Å². The van der Waals surface area contributed by atoms with E-state index in [-0.39, 0.29) is 0 Å². The molecule has 2 aromatic heterocycles. The van der Waals surface area contributed by atoms with E-state index < -0.39 is 0 Å². The number of nitrogens with zero attached hydrogens (tertiary/aromatic N) is 3. The van der Waals surface area contributed by atoms with Crippen molar-refractivity contribution in [3.8, 4) is 0 Å². The molecular weight excluding hydrogens is 236 g/mol. The van der Waals surface area contributed by atoms with Crippen LogP contribution in [0, 0.1) is 0 Å². The summed E-state index contributed by atoms with van der Waals surface area (Å²) in [6.07, 6.45) is 10.2. The molecule has 0 radical (unpaired) electrons. The smallest absolute Gasteiger partial charge is 0.147 e. The molecule has 0 aliphatic carbocycles. The Hall–Kier alpha value is -1.68. The fourth-order valence-corrected chi connectivity index (χ4v) is 2.26. The van der Waals surface area contributed by atoms with Crippen molar-refractivity contribution in [1.82, 2.24) is 19.9 Å². The lowest BCUT2D eigenvalue weighted by atomic mass is 10.1. The van der Waals surface area contributed by atoms with Gasteiger partial charge in [0, 0.05) is 30.8 Å². The molecule has 0 saturated heterocycles. The highest BCUT2D eigenvalue weighted by atomic mass is 15.0. The molecule has 0 aromatic carbocycles. The monoisotopic (exact) mass is 258 g/mol. The fourth-order valence-electron chi connectivity index (χ4n) is 2.26. The van der Waals surface area contributed by atoms with Gasteiger partial charge in [-0.15, -0.1) is 0 Å². The Morgan fingerprint density at radius 2 is 2.05 bits per heavy atom. The molecule has 1 N–H and O–H groups in total. The van der Waals surface area contributed by atoms with E-state index in [1.807, 2.05) is 6.07 Å². The van der Waals surface area contributed by atoms with Crippen LogP contribution in [0.4, 0.5) is 0 Å². The second kappa shape index (κ2) is 7.04. The van der Waals surface area contributed by atoms with Gasteiger partial charge in [0.25, 0.3) is 0 Å². The number of nitrogens with one attached hydrogen (secondary N) is 1. The third-order valence-corrected chi connectivity index (χ3v) is 3.15. The molecule has 0 aliphatic heterocycles. The standard InChI is InChI=1S/C15H22N4/c1-3-6-14(16-4-2)13-7-10-19(11-13)12-15-17-8-5-9-18-15/h5,7-11,14,16H,3-4,6,12H2,1-2H3. The van der Waals surface area contributed by atoms with Gasteiger partial charge in [-0.3, -0.25) is 0 Å². The summed E-state index contributed by atoms with van der Waals surface area (Å²) in [6.45, 7) is 6.10. The molecule has 2 rings (SSSR count). The fraction of sp³-hybridized carbons (Fsp3) is 0.467. The molecule has 4 nitrogen and oxygen atoms in total. The van der Waals surface area contributed by atoms with Gasteiger partial charge >= 0.3 is 0 Å². The number of hydrogen-bond donors (Lipinski definition) is 1. The van der Waals surface area contributed by atoms with E-state index in [0.717, 1.165) is 18.9 Å². The first kappa shape index (κ1) is 13.7. The second-order valence-corrected chi connectivity index (χ2v) is 4.68. The van der Waals surface area contributed by atoms with Gasteiger partial charge in [0.1, 0.15) is 5.82 Å². The predicted octanol–water partition coefficient (Wildman–Crippen LogP) is 2.78. The second-order valence-electron chi connectivity index (χ2n) is 4.68. The molecule has 0 saturated carbocycles. The van der Waals surface area contributed by atoms with E-state index in [9.17, 15) is 0 Å². The summed E-state index contributed by atoms with van der Waals surface area (Å²) < 4.78 is 2.14. The largest absolute Gasteiger partial charge is 0.346 e. The normalized spacial score (nSPS) is 12.5. The van der Waals surface area contributed by atoms with Gasteiger partial charge in [-0.2, -0.15) is 0 Å². The minimum atomic E-state index is 0.452. The zero-order chi connectivity index (χ0) is 13.5. The Morgan fingerprint density at radius 3 is 2.74 bits per heavy atom. The summed E-state index contributed by atoms with van der Waals surface area (Å²) in [7, 11) is 0. The first-order chi connectivity index (χ1) is 9.33. The van der Waals surface area contributed by atoms with Crippen molar-refractivity contribution in [2.24, 2.45) is 0 Å². The number of rotatable bonds is 7. The molecule has 0 fully saturated rings. The lowest BCUT2D eigenvalue weighted by Crippen LogP contribution is -2.20. The number of hydrogen-bond acceptors (Lipinski definition) is 3. The molecule has 4 heteroatoms. The van der Waals surface area contributed by atoms with Crippen LogP contribution in [0.3, 0.4) is 0 Å². The van der Waals surface area contributed by atoms with Crippen LogP contribution in [0.5, 0.6) is 0 Å². The van der Waals surface area contributed by atoms with Crippen LogP contribution >= 0.6 is 0 Å². The van der Waals surface area contributed by atoms with Crippen LogP contribution in [0.2, 0.25) is 0 Å². The van der Waals surface area contributed by atoms with E-state index in [2.05, 4.69) is 52.2 Å². The molecule has 0 bridgehead atoms. The average molecular weight is 258 g/mol. The van der Waals surface area contributed by atoms with Crippen molar-refractivity contribution < 1.29 is 0 Å². The maximum atomic E-state index is 4.25. The van der Waals surface area contributed by atoms with Crippen molar-refractivity contribution in [2.75, 3.05) is 6.54 Å². The van der Waals surface area contributed by atoms with Gasteiger partial charge < -0.3 is 9.88 Å². The molecule has 1 atom stereocenters. The van der Waals surface area contributed by atoms with Crippen LogP contribution in [0.1, 0.15) is 44.1 Å². The lowest BCUT2D eigenvalue weighted by Gasteiger charge is -2.15. The maximum Gasteiger partial charge on any atom is 0.147 e. The van der Waals surface area contributed by atoms with Gasteiger partial charge in [0.15, 0.2) is 0 Å². The van der Waals surface area contributed by atoms with E-state index in [1.54, 1.807) is 12.4 Å². The Balaban J connectivity index is 2.05. The zero-order valence-electron chi connectivity index (χ0n) is 11.7. The van der Waals surface area contributed by atoms with Crippen molar-refractivity contribution in [3.05, 3.63) is 48.3 Å². The van der Waals surface area contributed by atoms with E-state index in [4.69, 9.17) is 0 Å². The average Bonchev–Trinajstić information content (AvgIpc) is 2.88. The van der Waals surface area contributed by atoms with Crippen molar-refractivity contribution >= 4 is 0 Å². The van der Waals surface area contributed by atoms with Crippen molar-refractivity contribution in [1.29, 1.82) is 0 Å². The Morgan fingerprint density at radius 1 is 1.26 bits per heavy atom. The van der Waals surface area contributed by atoms with Crippen LogP contribution in [0.15, 0.2) is 36.9 Å². The highest BCUT2D eigenvalue weighted by Gasteiger charge is 2.10. The third-order valence-electron chi connectivity index (χ3n) is 3.15. The predicted molar refractivity (Wildman–Crippen MR) is 76.9 cm³/mol. The Bertz CT molecular complexity index is 472. The van der Waals surface area contributed by atoms with Gasteiger partial charge in [0.05, 0.1) is 6.54 Å². The third kappa shape index (κ3) is 3.89. The summed E-state index contributed by atoms with van der Waals surface area (Å²) >= 11 is 0. The molecule has 0 spiro atoms. The first-order valence-corrected chi connectivity index (χ1v) is 6.98. The van der Waals surface area contributed by atoms with Crippen molar-refractivity contribution in [3.63, 3.8) is 0 Å². The lowest BCUT2D eigenvalue weighted by molar-refractivity contribution is 0.508. The quantitative estimate of drug-likeness (QED) is 0.830. The molecule has 0 amide bonds. The summed E-state index contributed by atoms with van der Waals surface area (Å²) in [5.41, 5.74) is 1.35. The summed E-state index contributed by atoms with van der Waals surface area (Å²) in [5.74, 6) is 0.847. The summed E-state index contributed by atoms with van der Waals surface area (Å²) in [5, 5.41) is 3.53. The minimum absolute atomic E-state index is 0.452.